The Balaban J connectivity index is 2.07. The summed E-state index contributed by atoms with van der Waals surface area (Å²) in [6.45, 7) is 17.9. The maximum Gasteiger partial charge on any atom is 0.312 e. The lowest BCUT2D eigenvalue weighted by Gasteiger charge is -2.40. The molecule has 3 heterocycles. The first-order valence-corrected chi connectivity index (χ1v) is 13.1. The van der Waals surface area contributed by atoms with Crippen molar-refractivity contribution >= 4 is 17.8 Å². The Labute approximate surface area is 210 Å². The predicted molar refractivity (Wildman–Crippen MR) is 132 cm³/mol. The number of aliphatic hydroxyl groups excluding tert-OH is 1. The van der Waals surface area contributed by atoms with Crippen molar-refractivity contribution in [3.63, 3.8) is 0 Å². The topological polar surface area (TPSA) is 105 Å². The minimum absolute atomic E-state index is 0.0150. The van der Waals surface area contributed by atoms with Crippen molar-refractivity contribution in [1.29, 1.82) is 0 Å². The fourth-order valence-corrected chi connectivity index (χ4v) is 7.24. The molecule has 2 N–H and O–H groups in total. The lowest BCUT2D eigenvalue weighted by atomic mass is 9.66. The fourth-order valence-electron chi connectivity index (χ4n) is 7.24. The lowest BCUT2D eigenvalue weighted by Crippen LogP contribution is -2.61. The largest absolute Gasteiger partial charge is 0.466 e. The molecule has 0 aromatic carbocycles. The third-order valence-corrected chi connectivity index (χ3v) is 7.78. The predicted octanol–water partition coefficient (Wildman–Crippen LogP) is 3.05. The molecular formula is C27H46N2O6. The molecule has 3 fully saturated rings. The number of rotatable bonds is 9. The molecule has 3 aliphatic rings. The number of amides is 2. The molecule has 2 unspecified atom stereocenters. The third kappa shape index (κ3) is 4.97. The number of fused-ring (bicyclic) bond motifs is 1. The number of hydrogen-bond acceptors (Lipinski definition) is 6. The highest BCUT2D eigenvalue weighted by atomic mass is 16.6. The molecule has 0 saturated carbocycles. The smallest absolute Gasteiger partial charge is 0.312 e. The van der Waals surface area contributed by atoms with E-state index in [9.17, 15) is 19.5 Å². The number of ether oxygens (including phenoxy) is 2. The Hall–Kier alpha value is -1.67. The van der Waals surface area contributed by atoms with Gasteiger partial charge in [-0.15, -0.1) is 0 Å². The number of likely N-dealkylation sites (tertiary alicyclic amines) is 1. The molecule has 3 aliphatic heterocycles. The van der Waals surface area contributed by atoms with Gasteiger partial charge in [-0.25, -0.2) is 0 Å². The van der Waals surface area contributed by atoms with E-state index in [2.05, 4.69) is 26.1 Å². The highest BCUT2D eigenvalue weighted by Crippen LogP contribution is 2.63. The van der Waals surface area contributed by atoms with Gasteiger partial charge in [0.2, 0.25) is 11.8 Å². The number of esters is 1. The van der Waals surface area contributed by atoms with Crippen LogP contribution in [0.2, 0.25) is 0 Å². The minimum atomic E-state index is -1.12. The van der Waals surface area contributed by atoms with E-state index in [1.54, 1.807) is 11.8 Å². The first kappa shape index (κ1) is 27.9. The molecule has 35 heavy (non-hydrogen) atoms. The van der Waals surface area contributed by atoms with Crippen LogP contribution in [-0.4, -0.2) is 69.8 Å². The Morgan fingerprint density at radius 2 is 1.86 bits per heavy atom. The van der Waals surface area contributed by atoms with Gasteiger partial charge in [0.05, 0.1) is 30.8 Å². The number of carbonyl (C=O) groups excluding carboxylic acids is 3. The average Bonchev–Trinajstić information content (AvgIpc) is 3.24. The van der Waals surface area contributed by atoms with Gasteiger partial charge < -0.3 is 24.8 Å². The molecule has 3 saturated heterocycles. The summed E-state index contributed by atoms with van der Waals surface area (Å²) in [7, 11) is 0. The van der Waals surface area contributed by atoms with E-state index >= 15 is 0 Å². The summed E-state index contributed by atoms with van der Waals surface area (Å²) >= 11 is 0. The Bertz CT molecular complexity index is 849. The SMILES string of the molecule is CCOC(=O)[C@@H]1[C@H]2C(=O)N([C@@H](CO)CC(C)C)C(C(=O)NC(C)(C)CC(C)(C)C)C23CC[C@@]1(C)O3. The standard InChI is InChI=1S/C27H46N2O6/c1-10-34-23(33)19-18-22(32)29(17(14-30)13-16(2)3)20(27(18)12-11-26(19,9)35-27)21(31)28-25(7,8)15-24(4,5)6/h16-20,30H,10-15H2,1-9H3,(H,28,31)/t17-,18+,19+,20?,26-,27?/m1/s1. The van der Waals surface area contributed by atoms with Crippen molar-refractivity contribution in [2.75, 3.05) is 13.2 Å². The van der Waals surface area contributed by atoms with E-state index in [1.165, 1.54) is 0 Å². The Morgan fingerprint density at radius 1 is 1.23 bits per heavy atom. The van der Waals surface area contributed by atoms with Crippen LogP contribution in [0.1, 0.15) is 88.0 Å². The van der Waals surface area contributed by atoms with Gasteiger partial charge in [-0.05, 0) is 64.7 Å². The Kier molecular flexibility index (Phi) is 7.44. The molecule has 0 aromatic rings. The van der Waals surface area contributed by atoms with Gasteiger partial charge in [0, 0.05) is 5.54 Å². The number of aliphatic hydroxyl groups is 1. The quantitative estimate of drug-likeness (QED) is 0.478. The monoisotopic (exact) mass is 494 g/mol. The summed E-state index contributed by atoms with van der Waals surface area (Å²) in [6.07, 6.45) is 2.35. The van der Waals surface area contributed by atoms with E-state index in [1.807, 2.05) is 34.6 Å². The van der Waals surface area contributed by atoms with Gasteiger partial charge in [0.1, 0.15) is 17.6 Å². The molecule has 0 radical (unpaired) electrons. The van der Waals surface area contributed by atoms with Gasteiger partial charge in [0.15, 0.2) is 0 Å². The molecule has 2 bridgehead atoms. The number of carbonyl (C=O) groups is 3. The van der Waals surface area contributed by atoms with E-state index in [0.717, 1.165) is 6.42 Å². The summed E-state index contributed by atoms with van der Waals surface area (Å²) < 4.78 is 12.0. The zero-order chi connectivity index (χ0) is 26.6. The van der Waals surface area contributed by atoms with Crippen LogP contribution in [0.25, 0.3) is 0 Å². The van der Waals surface area contributed by atoms with Crippen molar-refractivity contribution in [2.24, 2.45) is 23.2 Å². The molecular weight excluding hydrogens is 448 g/mol. The fraction of sp³-hybridized carbons (Fsp3) is 0.889. The normalized spacial score (nSPS) is 33.3. The average molecular weight is 495 g/mol. The number of hydrogen-bond donors (Lipinski definition) is 2. The zero-order valence-electron chi connectivity index (χ0n) is 23.1. The molecule has 0 aliphatic carbocycles. The maximum atomic E-state index is 14.1. The van der Waals surface area contributed by atoms with Crippen LogP contribution in [0.15, 0.2) is 0 Å². The maximum absolute atomic E-state index is 14.1. The first-order valence-electron chi connectivity index (χ1n) is 13.1. The van der Waals surface area contributed by atoms with Gasteiger partial charge >= 0.3 is 5.97 Å². The molecule has 8 heteroatoms. The summed E-state index contributed by atoms with van der Waals surface area (Å²) in [4.78, 5) is 42.8. The molecule has 8 nitrogen and oxygen atoms in total. The van der Waals surface area contributed by atoms with Crippen molar-refractivity contribution < 1.29 is 29.0 Å². The molecule has 1 spiro atoms. The second-order valence-corrected chi connectivity index (χ2v) is 13.3. The van der Waals surface area contributed by atoms with Gasteiger partial charge in [-0.3, -0.25) is 14.4 Å². The zero-order valence-corrected chi connectivity index (χ0v) is 23.1. The van der Waals surface area contributed by atoms with Crippen LogP contribution in [0, 0.1) is 23.2 Å². The highest BCUT2D eigenvalue weighted by molar-refractivity contribution is 5.98. The second-order valence-electron chi connectivity index (χ2n) is 13.3. The number of nitrogens with one attached hydrogen (secondary N) is 1. The number of nitrogens with zero attached hydrogens (tertiary/aromatic N) is 1. The van der Waals surface area contributed by atoms with Crippen molar-refractivity contribution in [3.05, 3.63) is 0 Å². The van der Waals surface area contributed by atoms with Gasteiger partial charge in [-0.1, -0.05) is 34.6 Å². The van der Waals surface area contributed by atoms with Gasteiger partial charge in [-0.2, -0.15) is 0 Å². The summed E-state index contributed by atoms with van der Waals surface area (Å²) in [5.41, 5.74) is -2.51. The van der Waals surface area contributed by atoms with Crippen LogP contribution in [0.3, 0.4) is 0 Å². The molecule has 2 amide bonds. The van der Waals surface area contributed by atoms with Crippen LogP contribution >= 0.6 is 0 Å². The van der Waals surface area contributed by atoms with Crippen LogP contribution in [0.5, 0.6) is 0 Å². The third-order valence-electron chi connectivity index (χ3n) is 7.78. The molecule has 6 atom stereocenters. The van der Waals surface area contributed by atoms with Crippen molar-refractivity contribution in [3.8, 4) is 0 Å². The molecule has 0 aromatic heterocycles. The van der Waals surface area contributed by atoms with E-state index in [-0.39, 0.29) is 36.4 Å². The highest BCUT2D eigenvalue weighted by Gasteiger charge is 2.78. The van der Waals surface area contributed by atoms with Crippen LogP contribution in [0.4, 0.5) is 0 Å². The van der Waals surface area contributed by atoms with Crippen molar-refractivity contribution in [1.82, 2.24) is 10.2 Å². The van der Waals surface area contributed by atoms with E-state index in [0.29, 0.717) is 19.3 Å². The van der Waals surface area contributed by atoms with Gasteiger partial charge in [0.25, 0.3) is 0 Å². The molecule has 200 valence electrons. The minimum Gasteiger partial charge on any atom is -0.466 e. The van der Waals surface area contributed by atoms with E-state index in [4.69, 9.17) is 9.47 Å². The Morgan fingerprint density at radius 3 is 2.37 bits per heavy atom. The second kappa shape index (κ2) is 9.33. The first-order chi connectivity index (χ1) is 16.0. The summed E-state index contributed by atoms with van der Waals surface area (Å²) in [6, 6.07) is -1.46. The van der Waals surface area contributed by atoms with Crippen molar-refractivity contribution in [2.45, 2.75) is 117 Å². The van der Waals surface area contributed by atoms with Crippen LogP contribution < -0.4 is 5.32 Å². The molecule has 3 rings (SSSR count). The van der Waals surface area contributed by atoms with E-state index < -0.39 is 46.6 Å². The summed E-state index contributed by atoms with van der Waals surface area (Å²) in [5, 5.41) is 13.5. The summed E-state index contributed by atoms with van der Waals surface area (Å²) in [5.74, 6) is -2.40. The lowest BCUT2D eigenvalue weighted by molar-refractivity contribution is -0.160. The van der Waals surface area contributed by atoms with Crippen LogP contribution in [-0.2, 0) is 23.9 Å².